The van der Waals surface area contributed by atoms with Gasteiger partial charge in [-0.2, -0.15) is 11.8 Å². The average molecular weight is 173 g/mol. The molecule has 0 aromatic carbocycles. The van der Waals surface area contributed by atoms with E-state index in [1.165, 1.54) is 0 Å². The molecule has 3 heteroatoms. The van der Waals surface area contributed by atoms with Gasteiger partial charge in [-0.3, -0.25) is 0 Å². The SMILES string of the molecule is C=C(C)C(N)C1CSCCO1. The second kappa shape index (κ2) is 4.14. The van der Waals surface area contributed by atoms with Crippen LogP contribution in [-0.2, 0) is 4.74 Å². The predicted octanol–water partition coefficient (Wildman–Crippen LogP) is 1.02. The summed E-state index contributed by atoms with van der Waals surface area (Å²) in [6, 6.07) is 0.0165. The van der Waals surface area contributed by atoms with Crippen LogP contribution < -0.4 is 5.73 Å². The van der Waals surface area contributed by atoms with Crippen LogP contribution >= 0.6 is 11.8 Å². The molecule has 2 atom stereocenters. The fourth-order valence-electron chi connectivity index (χ4n) is 1.03. The van der Waals surface area contributed by atoms with Crippen molar-refractivity contribution in [2.75, 3.05) is 18.1 Å². The van der Waals surface area contributed by atoms with E-state index in [1.54, 1.807) is 0 Å². The van der Waals surface area contributed by atoms with Crippen LogP contribution in [0.5, 0.6) is 0 Å². The molecule has 0 aromatic rings. The van der Waals surface area contributed by atoms with Gasteiger partial charge in [-0.25, -0.2) is 0 Å². The predicted molar refractivity (Wildman–Crippen MR) is 49.9 cm³/mol. The Labute approximate surface area is 72.2 Å². The zero-order valence-electron chi connectivity index (χ0n) is 6.88. The maximum atomic E-state index is 5.85. The summed E-state index contributed by atoms with van der Waals surface area (Å²) in [5, 5.41) is 0. The maximum Gasteiger partial charge on any atom is 0.0854 e. The highest BCUT2D eigenvalue weighted by atomic mass is 32.2. The van der Waals surface area contributed by atoms with Gasteiger partial charge in [0.2, 0.25) is 0 Å². The minimum Gasteiger partial charge on any atom is -0.375 e. The Hall–Kier alpha value is 0.01000. The number of hydrogen-bond donors (Lipinski definition) is 1. The molecule has 0 spiro atoms. The van der Waals surface area contributed by atoms with Crippen LogP contribution in [-0.4, -0.2) is 30.3 Å². The van der Waals surface area contributed by atoms with E-state index in [4.69, 9.17) is 10.5 Å². The summed E-state index contributed by atoms with van der Waals surface area (Å²) in [7, 11) is 0. The highest BCUT2D eigenvalue weighted by Gasteiger charge is 2.21. The highest BCUT2D eigenvalue weighted by Crippen LogP contribution is 2.16. The molecule has 1 rings (SSSR count). The monoisotopic (exact) mass is 173 g/mol. The first kappa shape index (κ1) is 9.10. The van der Waals surface area contributed by atoms with Crippen molar-refractivity contribution in [3.63, 3.8) is 0 Å². The Morgan fingerprint density at radius 2 is 2.55 bits per heavy atom. The molecule has 0 aliphatic carbocycles. The van der Waals surface area contributed by atoms with Crippen LogP contribution in [0.3, 0.4) is 0 Å². The van der Waals surface area contributed by atoms with Gasteiger partial charge in [0.25, 0.3) is 0 Å². The van der Waals surface area contributed by atoms with E-state index in [0.29, 0.717) is 0 Å². The summed E-state index contributed by atoms with van der Waals surface area (Å²) in [6.45, 7) is 6.60. The van der Waals surface area contributed by atoms with Crippen molar-refractivity contribution in [2.24, 2.45) is 5.73 Å². The van der Waals surface area contributed by atoms with Crippen LogP contribution in [0.2, 0.25) is 0 Å². The molecule has 0 bridgehead atoms. The molecule has 2 N–H and O–H groups in total. The topological polar surface area (TPSA) is 35.2 Å². The van der Waals surface area contributed by atoms with Gasteiger partial charge >= 0.3 is 0 Å². The molecule has 1 aliphatic rings. The van der Waals surface area contributed by atoms with Gasteiger partial charge in [0, 0.05) is 11.5 Å². The summed E-state index contributed by atoms with van der Waals surface area (Å²) in [5.41, 5.74) is 6.86. The van der Waals surface area contributed by atoms with E-state index in [2.05, 4.69) is 6.58 Å². The third-order valence-corrected chi connectivity index (χ3v) is 2.83. The summed E-state index contributed by atoms with van der Waals surface area (Å²) in [5.74, 6) is 2.10. The van der Waals surface area contributed by atoms with Crippen molar-refractivity contribution in [1.29, 1.82) is 0 Å². The van der Waals surface area contributed by atoms with Crippen LogP contribution in [0.1, 0.15) is 6.92 Å². The van der Waals surface area contributed by atoms with E-state index in [1.807, 2.05) is 18.7 Å². The van der Waals surface area contributed by atoms with Gasteiger partial charge in [-0.1, -0.05) is 12.2 Å². The van der Waals surface area contributed by atoms with E-state index < -0.39 is 0 Å². The summed E-state index contributed by atoms with van der Waals surface area (Å²) < 4.78 is 5.49. The fraction of sp³-hybridized carbons (Fsp3) is 0.750. The largest absolute Gasteiger partial charge is 0.375 e. The van der Waals surface area contributed by atoms with Gasteiger partial charge in [-0.05, 0) is 6.92 Å². The Morgan fingerprint density at radius 1 is 1.82 bits per heavy atom. The van der Waals surface area contributed by atoms with E-state index in [9.17, 15) is 0 Å². The first-order chi connectivity index (χ1) is 5.22. The number of ether oxygens (including phenoxy) is 1. The van der Waals surface area contributed by atoms with Crippen molar-refractivity contribution in [3.8, 4) is 0 Å². The number of thioether (sulfide) groups is 1. The van der Waals surface area contributed by atoms with Crippen LogP contribution in [0.25, 0.3) is 0 Å². The minimum absolute atomic E-state index is 0.0165. The average Bonchev–Trinajstić information content (AvgIpc) is 2.05. The third kappa shape index (κ3) is 2.51. The fourth-order valence-corrected chi connectivity index (χ4v) is 1.95. The van der Waals surface area contributed by atoms with Gasteiger partial charge in [-0.15, -0.1) is 0 Å². The molecule has 1 heterocycles. The molecule has 2 nitrogen and oxygen atoms in total. The molecular formula is C8H15NOS. The van der Waals surface area contributed by atoms with E-state index in [-0.39, 0.29) is 12.1 Å². The Balaban J connectivity index is 2.38. The number of nitrogens with two attached hydrogens (primary N) is 1. The second-order valence-electron chi connectivity index (χ2n) is 2.86. The van der Waals surface area contributed by atoms with Gasteiger partial charge < -0.3 is 10.5 Å². The lowest BCUT2D eigenvalue weighted by Gasteiger charge is -2.27. The van der Waals surface area contributed by atoms with E-state index in [0.717, 1.165) is 23.7 Å². The standard InChI is InChI=1S/C8H15NOS/c1-6(2)8(9)7-5-11-4-3-10-7/h7-8H,1,3-5,9H2,2H3. The quantitative estimate of drug-likeness (QED) is 0.633. The zero-order valence-corrected chi connectivity index (χ0v) is 7.69. The molecule has 1 fully saturated rings. The molecule has 1 saturated heterocycles. The lowest BCUT2D eigenvalue weighted by atomic mass is 10.1. The molecule has 2 unspecified atom stereocenters. The summed E-state index contributed by atoms with van der Waals surface area (Å²) in [4.78, 5) is 0. The minimum atomic E-state index is 0.0165. The summed E-state index contributed by atoms with van der Waals surface area (Å²) >= 11 is 1.90. The Bertz CT molecular complexity index is 143. The normalized spacial score (nSPS) is 28.0. The Morgan fingerprint density at radius 3 is 3.00 bits per heavy atom. The highest BCUT2D eigenvalue weighted by molar-refractivity contribution is 7.99. The number of rotatable bonds is 2. The third-order valence-electron chi connectivity index (χ3n) is 1.81. The molecule has 11 heavy (non-hydrogen) atoms. The van der Waals surface area contributed by atoms with Gasteiger partial charge in [0.05, 0.1) is 18.8 Å². The molecule has 0 amide bonds. The molecular weight excluding hydrogens is 158 g/mol. The smallest absolute Gasteiger partial charge is 0.0854 e. The maximum absolute atomic E-state index is 5.85. The first-order valence-corrected chi connectivity index (χ1v) is 4.97. The first-order valence-electron chi connectivity index (χ1n) is 3.82. The van der Waals surface area contributed by atoms with Gasteiger partial charge in [0.15, 0.2) is 0 Å². The zero-order chi connectivity index (χ0) is 8.27. The van der Waals surface area contributed by atoms with Gasteiger partial charge in [0.1, 0.15) is 0 Å². The van der Waals surface area contributed by atoms with E-state index >= 15 is 0 Å². The molecule has 0 radical (unpaired) electrons. The van der Waals surface area contributed by atoms with Crippen molar-refractivity contribution >= 4 is 11.8 Å². The van der Waals surface area contributed by atoms with Crippen molar-refractivity contribution in [1.82, 2.24) is 0 Å². The summed E-state index contributed by atoms with van der Waals surface area (Å²) in [6.07, 6.45) is 0.186. The molecule has 0 aromatic heterocycles. The van der Waals surface area contributed by atoms with Crippen LogP contribution in [0.15, 0.2) is 12.2 Å². The van der Waals surface area contributed by atoms with Crippen molar-refractivity contribution in [3.05, 3.63) is 12.2 Å². The molecule has 0 saturated carbocycles. The molecule has 1 aliphatic heterocycles. The molecule has 64 valence electrons. The lowest BCUT2D eigenvalue weighted by Crippen LogP contribution is -2.41. The number of hydrogen-bond acceptors (Lipinski definition) is 3. The van der Waals surface area contributed by atoms with Crippen LogP contribution in [0.4, 0.5) is 0 Å². The van der Waals surface area contributed by atoms with Crippen LogP contribution in [0, 0.1) is 0 Å². The second-order valence-corrected chi connectivity index (χ2v) is 4.01. The lowest BCUT2D eigenvalue weighted by molar-refractivity contribution is 0.0650. The Kier molecular flexibility index (Phi) is 3.43. The van der Waals surface area contributed by atoms with Crippen molar-refractivity contribution in [2.45, 2.75) is 19.1 Å². The van der Waals surface area contributed by atoms with Crippen molar-refractivity contribution < 1.29 is 4.74 Å².